The van der Waals surface area contributed by atoms with Gasteiger partial charge in [0.25, 0.3) is 0 Å². The lowest BCUT2D eigenvalue weighted by Crippen LogP contribution is -2.05. The van der Waals surface area contributed by atoms with Crippen LogP contribution in [-0.4, -0.2) is 26.3 Å². The number of carbonyl (C=O) groups excluding carboxylic acids is 1. The standard InChI is InChI=1S/C18H15F2N3OS/c1-11-5-3-4-6-13(11)17-21-22-18(23(17)2)25-10-16(24)12-7-8-14(19)15(20)9-12/h3-9H,10H2,1-2H3. The number of hydrogen-bond acceptors (Lipinski definition) is 4. The maximum atomic E-state index is 13.2. The van der Waals surface area contributed by atoms with E-state index in [0.29, 0.717) is 11.0 Å². The molecule has 0 spiro atoms. The minimum absolute atomic E-state index is 0.0603. The molecule has 0 aliphatic carbocycles. The van der Waals surface area contributed by atoms with E-state index in [-0.39, 0.29) is 17.1 Å². The Morgan fingerprint density at radius 3 is 2.60 bits per heavy atom. The maximum absolute atomic E-state index is 13.2. The third-order valence-electron chi connectivity index (χ3n) is 3.79. The van der Waals surface area contributed by atoms with Crippen molar-refractivity contribution in [2.24, 2.45) is 7.05 Å². The maximum Gasteiger partial charge on any atom is 0.191 e. The van der Waals surface area contributed by atoms with E-state index in [1.54, 1.807) is 0 Å². The number of aromatic nitrogens is 3. The number of ketones is 1. The highest BCUT2D eigenvalue weighted by atomic mass is 32.2. The SMILES string of the molecule is Cc1ccccc1-c1nnc(SCC(=O)c2ccc(F)c(F)c2)n1C. The fourth-order valence-corrected chi connectivity index (χ4v) is 3.19. The summed E-state index contributed by atoms with van der Waals surface area (Å²) in [5, 5.41) is 8.89. The zero-order valence-electron chi connectivity index (χ0n) is 13.7. The molecule has 0 atom stereocenters. The molecule has 3 aromatic rings. The Hall–Kier alpha value is -2.54. The summed E-state index contributed by atoms with van der Waals surface area (Å²) in [5.74, 6) is -1.54. The van der Waals surface area contributed by atoms with Gasteiger partial charge in [0.05, 0.1) is 5.75 Å². The van der Waals surface area contributed by atoms with Crippen LogP contribution in [0.25, 0.3) is 11.4 Å². The van der Waals surface area contributed by atoms with Crippen LogP contribution >= 0.6 is 11.8 Å². The lowest BCUT2D eigenvalue weighted by atomic mass is 10.1. The average molecular weight is 359 g/mol. The number of benzene rings is 2. The number of carbonyl (C=O) groups is 1. The number of thioether (sulfide) groups is 1. The zero-order chi connectivity index (χ0) is 18.0. The molecule has 4 nitrogen and oxygen atoms in total. The van der Waals surface area contributed by atoms with E-state index in [4.69, 9.17) is 0 Å². The second kappa shape index (κ2) is 7.14. The predicted molar refractivity (Wildman–Crippen MR) is 92.6 cm³/mol. The summed E-state index contributed by atoms with van der Waals surface area (Å²) in [5.41, 5.74) is 2.18. The van der Waals surface area contributed by atoms with E-state index in [1.165, 1.54) is 17.8 Å². The van der Waals surface area contributed by atoms with Crippen LogP contribution in [0.15, 0.2) is 47.6 Å². The number of halogens is 2. The molecule has 0 radical (unpaired) electrons. The molecule has 0 N–H and O–H groups in total. The first kappa shape index (κ1) is 17.3. The highest BCUT2D eigenvalue weighted by Gasteiger charge is 2.15. The molecule has 0 aliphatic heterocycles. The van der Waals surface area contributed by atoms with Crippen LogP contribution in [-0.2, 0) is 7.05 Å². The summed E-state index contributed by atoms with van der Waals surface area (Å²) >= 11 is 1.21. The number of hydrogen-bond donors (Lipinski definition) is 0. The van der Waals surface area contributed by atoms with Crippen molar-refractivity contribution in [1.29, 1.82) is 0 Å². The van der Waals surface area contributed by atoms with E-state index < -0.39 is 11.6 Å². The summed E-state index contributed by atoms with van der Waals surface area (Å²) < 4.78 is 28.0. The summed E-state index contributed by atoms with van der Waals surface area (Å²) in [4.78, 5) is 12.2. The molecule has 1 heterocycles. The average Bonchev–Trinajstić information content (AvgIpc) is 2.96. The summed E-state index contributed by atoms with van der Waals surface area (Å²) in [6.07, 6.45) is 0. The molecule has 2 aromatic carbocycles. The first-order valence-electron chi connectivity index (χ1n) is 7.54. The van der Waals surface area contributed by atoms with E-state index in [0.717, 1.165) is 23.3 Å². The van der Waals surface area contributed by atoms with E-state index >= 15 is 0 Å². The molecule has 7 heteroatoms. The fourth-order valence-electron chi connectivity index (χ4n) is 2.38. The third kappa shape index (κ3) is 3.61. The zero-order valence-corrected chi connectivity index (χ0v) is 14.5. The van der Waals surface area contributed by atoms with Crippen molar-refractivity contribution in [2.45, 2.75) is 12.1 Å². The Bertz CT molecular complexity index is 940. The smallest absolute Gasteiger partial charge is 0.191 e. The summed E-state index contributed by atoms with van der Waals surface area (Å²) in [6, 6.07) is 11.0. The largest absolute Gasteiger partial charge is 0.305 e. The monoisotopic (exact) mass is 359 g/mol. The Labute approximate surface area is 147 Å². The van der Waals surface area contributed by atoms with Crippen molar-refractivity contribution in [1.82, 2.24) is 14.8 Å². The van der Waals surface area contributed by atoms with Crippen LogP contribution in [0.2, 0.25) is 0 Å². The van der Waals surface area contributed by atoms with Gasteiger partial charge >= 0.3 is 0 Å². The molecule has 25 heavy (non-hydrogen) atoms. The molecule has 0 unspecified atom stereocenters. The van der Waals surface area contributed by atoms with Crippen LogP contribution in [0.3, 0.4) is 0 Å². The van der Waals surface area contributed by atoms with Crippen LogP contribution in [0.4, 0.5) is 8.78 Å². The number of Topliss-reactive ketones (excluding diaryl/α,β-unsaturated/α-hetero) is 1. The second-order valence-electron chi connectivity index (χ2n) is 5.52. The molecule has 0 saturated heterocycles. The van der Waals surface area contributed by atoms with Gasteiger partial charge in [-0.3, -0.25) is 4.79 Å². The third-order valence-corrected chi connectivity index (χ3v) is 4.82. The minimum atomic E-state index is -1.03. The van der Waals surface area contributed by atoms with Gasteiger partial charge < -0.3 is 4.57 Å². The van der Waals surface area contributed by atoms with Gasteiger partial charge in [0.15, 0.2) is 28.4 Å². The first-order valence-corrected chi connectivity index (χ1v) is 8.52. The minimum Gasteiger partial charge on any atom is -0.305 e. The van der Waals surface area contributed by atoms with E-state index in [1.807, 2.05) is 42.8 Å². The normalized spacial score (nSPS) is 10.9. The Morgan fingerprint density at radius 1 is 1.12 bits per heavy atom. The van der Waals surface area contributed by atoms with Crippen molar-refractivity contribution in [3.63, 3.8) is 0 Å². The van der Waals surface area contributed by atoms with Gasteiger partial charge in [-0.05, 0) is 30.7 Å². The highest BCUT2D eigenvalue weighted by Crippen LogP contribution is 2.25. The van der Waals surface area contributed by atoms with Crippen molar-refractivity contribution in [2.75, 3.05) is 5.75 Å². The van der Waals surface area contributed by atoms with Crippen molar-refractivity contribution < 1.29 is 13.6 Å². The molecule has 3 rings (SSSR count). The molecule has 0 aliphatic rings. The first-order chi connectivity index (χ1) is 12.0. The molecule has 0 bridgehead atoms. The van der Waals surface area contributed by atoms with Gasteiger partial charge in [-0.15, -0.1) is 10.2 Å². The van der Waals surface area contributed by atoms with Gasteiger partial charge in [0, 0.05) is 18.2 Å². The molecular weight excluding hydrogens is 344 g/mol. The molecule has 128 valence electrons. The van der Waals surface area contributed by atoms with Gasteiger partial charge in [-0.2, -0.15) is 0 Å². The Morgan fingerprint density at radius 2 is 1.88 bits per heavy atom. The number of rotatable bonds is 5. The van der Waals surface area contributed by atoms with Gasteiger partial charge in [-0.1, -0.05) is 36.0 Å². The van der Waals surface area contributed by atoms with Crippen LogP contribution in [0, 0.1) is 18.6 Å². The van der Waals surface area contributed by atoms with Crippen molar-refractivity contribution >= 4 is 17.5 Å². The number of aryl methyl sites for hydroxylation is 1. The van der Waals surface area contributed by atoms with E-state index in [9.17, 15) is 13.6 Å². The fraction of sp³-hybridized carbons (Fsp3) is 0.167. The Balaban J connectivity index is 1.75. The molecule has 0 fully saturated rings. The van der Waals surface area contributed by atoms with Crippen molar-refractivity contribution in [3.8, 4) is 11.4 Å². The lowest BCUT2D eigenvalue weighted by molar-refractivity contribution is 0.102. The summed E-state index contributed by atoms with van der Waals surface area (Å²) in [7, 11) is 1.83. The van der Waals surface area contributed by atoms with Gasteiger partial charge in [0.1, 0.15) is 0 Å². The number of nitrogens with zero attached hydrogens (tertiary/aromatic N) is 3. The van der Waals surface area contributed by atoms with Crippen molar-refractivity contribution in [3.05, 3.63) is 65.2 Å². The quantitative estimate of drug-likeness (QED) is 0.509. The van der Waals surface area contributed by atoms with Gasteiger partial charge in [0.2, 0.25) is 0 Å². The second-order valence-corrected chi connectivity index (χ2v) is 6.46. The highest BCUT2D eigenvalue weighted by molar-refractivity contribution is 7.99. The lowest BCUT2D eigenvalue weighted by Gasteiger charge is -2.06. The van der Waals surface area contributed by atoms with E-state index in [2.05, 4.69) is 10.2 Å². The predicted octanol–water partition coefficient (Wildman–Crippen LogP) is 4.04. The topological polar surface area (TPSA) is 47.8 Å². The molecular formula is C18H15F2N3OS. The Kier molecular flexibility index (Phi) is 4.94. The molecule has 0 saturated carbocycles. The molecule has 0 amide bonds. The summed E-state index contributed by atoms with van der Waals surface area (Å²) in [6.45, 7) is 1.99. The van der Waals surface area contributed by atoms with Crippen LogP contribution in [0.5, 0.6) is 0 Å². The van der Waals surface area contributed by atoms with Crippen LogP contribution < -0.4 is 0 Å². The van der Waals surface area contributed by atoms with Crippen LogP contribution in [0.1, 0.15) is 15.9 Å². The molecule has 1 aromatic heterocycles. The van der Waals surface area contributed by atoms with Gasteiger partial charge in [-0.25, -0.2) is 8.78 Å².